The van der Waals surface area contributed by atoms with Crippen LogP contribution in [0.25, 0.3) is 0 Å². The van der Waals surface area contributed by atoms with E-state index in [-0.39, 0.29) is 31.1 Å². The quantitative estimate of drug-likeness (QED) is 0.0262. The lowest BCUT2D eigenvalue weighted by molar-refractivity contribution is -0.167. The molecule has 0 N–H and O–H groups in total. The van der Waals surface area contributed by atoms with Gasteiger partial charge in [0, 0.05) is 19.3 Å². The SMILES string of the molecule is CC/C=C\C/C=C\C/C=C\C/C=C\C/C=C\C/C=C\C/C=C\C/C=C\CCCCCCC(=O)OCC(COC(=O)CCCCCCC/C=C\CCCC)OC(=O)CCCCCCCCCCCCCC. The fourth-order valence-corrected chi connectivity index (χ4v) is 7.67. The number of carbonyl (C=O) groups is 3. The van der Waals surface area contributed by atoms with Crippen molar-refractivity contribution in [1.82, 2.24) is 0 Å². The summed E-state index contributed by atoms with van der Waals surface area (Å²) in [5.74, 6) is -0.925. The Labute approximate surface area is 431 Å². The Morgan fingerprint density at radius 2 is 0.571 bits per heavy atom. The predicted molar refractivity (Wildman–Crippen MR) is 302 cm³/mol. The summed E-state index contributed by atoms with van der Waals surface area (Å²) in [5, 5.41) is 0. The van der Waals surface area contributed by atoms with Crippen molar-refractivity contribution in [2.24, 2.45) is 0 Å². The lowest BCUT2D eigenvalue weighted by atomic mass is 10.0. The third-order valence-corrected chi connectivity index (χ3v) is 12.0. The van der Waals surface area contributed by atoms with Gasteiger partial charge in [0.25, 0.3) is 0 Å². The first-order chi connectivity index (χ1) is 34.5. The van der Waals surface area contributed by atoms with Crippen LogP contribution in [0.4, 0.5) is 0 Å². The Hall–Kier alpha value is -3.93. The Balaban J connectivity index is 4.30. The molecule has 398 valence electrons. The summed E-state index contributed by atoms with van der Waals surface area (Å²) in [4.78, 5) is 38.0. The van der Waals surface area contributed by atoms with Crippen molar-refractivity contribution < 1.29 is 28.6 Å². The van der Waals surface area contributed by atoms with Gasteiger partial charge in [-0.2, -0.15) is 0 Å². The largest absolute Gasteiger partial charge is 0.462 e. The number of ether oxygens (including phenoxy) is 3. The number of allylic oxidation sites excluding steroid dienone is 18. The first kappa shape index (κ1) is 66.1. The molecular formula is C64H106O6. The van der Waals surface area contributed by atoms with Gasteiger partial charge in [-0.25, -0.2) is 0 Å². The summed E-state index contributed by atoms with van der Waals surface area (Å²) in [7, 11) is 0. The average molecular weight is 972 g/mol. The van der Waals surface area contributed by atoms with Gasteiger partial charge in [0.05, 0.1) is 0 Å². The van der Waals surface area contributed by atoms with Gasteiger partial charge >= 0.3 is 17.9 Å². The molecule has 1 atom stereocenters. The summed E-state index contributed by atoms with van der Waals surface area (Å²) in [6.45, 7) is 6.45. The molecule has 0 bridgehead atoms. The first-order valence-electron chi connectivity index (χ1n) is 28.9. The molecule has 1 unspecified atom stereocenters. The van der Waals surface area contributed by atoms with Crippen LogP contribution in [-0.2, 0) is 28.6 Å². The summed E-state index contributed by atoms with van der Waals surface area (Å²) >= 11 is 0. The minimum absolute atomic E-state index is 0.0898. The highest BCUT2D eigenvalue weighted by molar-refractivity contribution is 5.71. The lowest BCUT2D eigenvalue weighted by Crippen LogP contribution is -2.30. The summed E-state index contributed by atoms with van der Waals surface area (Å²) in [5.41, 5.74) is 0. The van der Waals surface area contributed by atoms with Gasteiger partial charge in [0.2, 0.25) is 0 Å². The fraction of sp³-hybridized carbons (Fsp3) is 0.672. The fourth-order valence-electron chi connectivity index (χ4n) is 7.67. The van der Waals surface area contributed by atoms with E-state index < -0.39 is 6.10 Å². The second kappa shape index (κ2) is 57.6. The lowest BCUT2D eigenvalue weighted by Gasteiger charge is -2.18. The van der Waals surface area contributed by atoms with Crippen LogP contribution in [0.1, 0.15) is 258 Å². The maximum absolute atomic E-state index is 12.8. The highest BCUT2D eigenvalue weighted by Crippen LogP contribution is 2.15. The minimum atomic E-state index is -0.790. The number of unbranched alkanes of at least 4 members (excludes halogenated alkanes) is 22. The van der Waals surface area contributed by atoms with E-state index in [9.17, 15) is 14.4 Å². The highest BCUT2D eigenvalue weighted by atomic mass is 16.6. The van der Waals surface area contributed by atoms with Gasteiger partial charge in [-0.15, -0.1) is 0 Å². The van der Waals surface area contributed by atoms with Gasteiger partial charge < -0.3 is 14.2 Å². The minimum Gasteiger partial charge on any atom is -0.462 e. The molecule has 0 aromatic rings. The third-order valence-electron chi connectivity index (χ3n) is 12.0. The van der Waals surface area contributed by atoms with Crippen molar-refractivity contribution in [1.29, 1.82) is 0 Å². The van der Waals surface area contributed by atoms with Crippen molar-refractivity contribution in [3.05, 3.63) is 109 Å². The summed E-state index contributed by atoms with van der Waals surface area (Å²) < 4.78 is 16.8. The van der Waals surface area contributed by atoms with E-state index in [1.165, 1.54) is 89.9 Å². The predicted octanol–water partition coefficient (Wildman–Crippen LogP) is 19.5. The molecule has 0 amide bonds. The van der Waals surface area contributed by atoms with Crippen molar-refractivity contribution in [2.75, 3.05) is 13.2 Å². The van der Waals surface area contributed by atoms with E-state index in [0.717, 1.165) is 128 Å². The van der Waals surface area contributed by atoms with Crippen LogP contribution in [0, 0.1) is 0 Å². The molecule has 0 aromatic heterocycles. The van der Waals surface area contributed by atoms with Crippen LogP contribution in [0.15, 0.2) is 109 Å². The number of hydrogen-bond donors (Lipinski definition) is 0. The molecule has 0 aliphatic heterocycles. The van der Waals surface area contributed by atoms with Crippen molar-refractivity contribution >= 4 is 17.9 Å². The summed E-state index contributed by atoms with van der Waals surface area (Å²) in [6.07, 6.45) is 78.0. The van der Waals surface area contributed by atoms with E-state index >= 15 is 0 Å². The zero-order valence-corrected chi connectivity index (χ0v) is 45.5. The molecule has 0 aliphatic rings. The Morgan fingerprint density at radius 1 is 0.300 bits per heavy atom. The number of carbonyl (C=O) groups excluding carboxylic acids is 3. The summed E-state index contributed by atoms with van der Waals surface area (Å²) in [6, 6.07) is 0. The molecule has 0 saturated carbocycles. The molecule has 0 spiro atoms. The standard InChI is InChI=1S/C64H106O6/c1-4-7-10-13-16-19-22-24-25-26-27-28-29-30-31-32-33-34-35-36-37-38-39-40-43-45-48-51-54-57-63(66)69-60-61(59-68-62(65)56-53-50-47-44-41-21-18-15-12-9-6-3)70-64(67)58-55-52-49-46-42-23-20-17-14-11-8-5-2/h7,10,15-16,18-19,24-25,27-28,30-31,33-34,36-37,39-40,61H,4-6,8-9,11-14,17,20-23,26,29,32,35,38,41-60H2,1-3H3/b10-7-,18-15-,19-16-,25-24-,28-27-,31-30-,34-33-,37-36-,40-39-. The monoisotopic (exact) mass is 971 g/mol. The Bertz CT molecular complexity index is 1440. The normalized spacial score (nSPS) is 12.9. The van der Waals surface area contributed by atoms with Gasteiger partial charge in [-0.3, -0.25) is 14.4 Å². The number of esters is 3. The molecule has 0 saturated heterocycles. The molecule has 0 radical (unpaired) electrons. The average Bonchev–Trinajstić information content (AvgIpc) is 3.36. The Morgan fingerprint density at radius 3 is 0.929 bits per heavy atom. The molecule has 0 aliphatic carbocycles. The zero-order valence-electron chi connectivity index (χ0n) is 45.5. The van der Waals surface area contributed by atoms with Crippen LogP contribution >= 0.6 is 0 Å². The molecule has 6 nitrogen and oxygen atoms in total. The second-order valence-corrected chi connectivity index (χ2v) is 18.8. The van der Waals surface area contributed by atoms with Gasteiger partial charge in [0.1, 0.15) is 13.2 Å². The van der Waals surface area contributed by atoms with Gasteiger partial charge in [-0.05, 0) is 103 Å². The van der Waals surface area contributed by atoms with E-state index in [2.05, 4.69) is 130 Å². The van der Waals surface area contributed by atoms with Crippen molar-refractivity contribution in [3.63, 3.8) is 0 Å². The van der Waals surface area contributed by atoms with Crippen molar-refractivity contribution in [2.45, 2.75) is 264 Å². The third kappa shape index (κ3) is 55.0. The van der Waals surface area contributed by atoms with E-state index in [4.69, 9.17) is 14.2 Å². The maximum Gasteiger partial charge on any atom is 0.306 e. The molecule has 0 aromatic carbocycles. The first-order valence-corrected chi connectivity index (χ1v) is 28.9. The van der Waals surface area contributed by atoms with E-state index in [0.29, 0.717) is 19.3 Å². The topological polar surface area (TPSA) is 78.9 Å². The van der Waals surface area contributed by atoms with E-state index in [1.54, 1.807) is 0 Å². The number of rotatable bonds is 51. The van der Waals surface area contributed by atoms with Crippen LogP contribution in [-0.4, -0.2) is 37.2 Å². The van der Waals surface area contributed by atoms with Gasteiger partial charge in [-0.1, -0.05) is 246 Å². The molecule has 70 heavy (non-hydrogen) atoms. The van der Waals surface area contributed by atoms with Crippen molar-refractivity contribution in [3.8, 4) is 0 Å². The molecular weight excluding hydrogens is 865 g/mol. The molecule has 0 heterocycles. The zero-order chi connectivity index (χ0) is 50.7. The van der Waals surface area contributed by atoms with E-state index in [1.807, 2.05) is 0 Å². The van der Waals surface area contributed by atoms with Crippen LogP contribution in [0.2, 0.25) is 0 Å². The highest BCUT2D eigenvalue weighted by Gasteiger charge is 2.19. The van der Waals surface area contributed by atoms with Crippen LogP contribution < -0.4 is 0 Å². The maximum atomic E-state index is 12.8. The smallest absolute Gasteiger partial charge is 0.306 e. The second-order valence-electron chi connectivity index (χ2n) is 18.8. The van der Waals surface area contributed by atoms with Gasteiger partial charge in [0.15, 0.2) is 6.10 Å². The molecule has 6 heteroatoms. The van der Waals surface area contributed by atoms with Crippen LogP contribution in [0.5, 0.6) is 0 Å². The molecule has 0 rings (SSSR count). The van der Waals surface area contributed by atoms with Crippen LogP contribution in [0.3, 0.4) is 0 Å². The Kier molecular flexibility index (Phi) is 54.4. The molecule has 0 fully saturated rings. The number of hydrogen-bond acceptors (Lipinski definition) is 6.